The topological polar surface area (TPSA) is 30.5 Å². The molecule has 0 aliphatic heterocycles. The van der Waals surface area contributed by atoms with Crippen molar-refractivity contribution in [3.8, 4) is 5.75 Å². The Morgan fingerprint density at radius 1 is 1.27 bits per heavy atom. The first kappa shape index (κ1) is 12.5. The van der Waals surface area contributed by atoms with Crippen LogP contribution in [0.3, 0.4) is 0 Å². The van der Waals surface area contributed by atoms with Gasteiger partial charge in [-0.15, -0.1) is 0 Å². The highest BCUT2D eigenvalue weighted by Crippen LogP contribution is 2.33. The van der Waals surface area contributed by atoms with E-state index < -0.39 is 0 Å². The fraction of sp³-hybridized carbons (Fsp3) is 0.455. The first-order chi connectivity index (χ1) is 7.11. The number of nitrogens with one attached hydrogen (secondary N) is 1. The molecule has 0 saturated carbocycles. The number of hydroxylamine groups is 1. The molecule has 0 unspecified atom stereocenters. The van der Waals surface area contributed by atoms with Crippen LogP contribution >= 0.6 is 15.9 Å². The third-order valence-electron chi connectivity index (χ3n) is 2.27. The van der Waals surface area contributed by atoms with Crippen molar-refractivity contribution in [3.05, 3.63) is 27.2 Å². The Hall–Kier alpha value is -0.580. The molecule has 4 heteroatoms. The summed E-state index contributed by atoms with van der Waals surface area (Å²) in [7, 11) is 3.28. The highest BCUT2D eigenvalue weighted by Gasteiger charge is 2.12. The Morgan fingerprint density at radius 3 is 2.47 bits per heavy atom. The minimum atomic E-state index is 0.614. The van der Waals surface area contributed by atoms with Gasteiger partial charge in [-0.05, 0) is 25.0 Å². The summed E-state index contributed by atoms with van der Waals surface area (Å²) >= 11 is 3.56. The van der Waals surface area contributed by atoms with Gasteiger partial charge in [0.25, 0.3) is 0 Å². The van der Waals surface area contributed by atoms with E-state index in [1.807, 2.05) is 6.92 Å². The molecule has 1 rings (SSSR count). The molecule has 1 aromatic rings. The van der Waals surface area contributed by atoms with Gasteiger partial charge >= 0.3 is 0 Å². The lowest BCUT2D eigenvalue weighted by molar-refractivity contribution is 0.0859. The molecule has 0 fully saturated rings. The van der Waals surface area contributed by atoms with Gasteiger partial charge in [-0.2, -0.15) is 5.48 Å². The van der Waals surface area contributed by atoms with E-state index in [9.17, 15) is 0 Å². The Kier molecular flexibility index (Phi) is 4.57. The lowest BCUT2D eigenvalue weighted by Crippen LogP contribution is -2.13. The summed E-state index contributed by atoms with van der Waals surface area (Å²) in [5.74, 6) is 0.900. The van der Waals surface area contributed by atoms with Crippen LogP contribution in [0.2, 0.25) is 0 Å². The second kappa shape index (κ2) is 5.49. The fourth-order valence-corrected chi connectivity index (χ4v) is 2.05. The monoisotopic (exact) mass is 273 g/mol. The molecule has 15 heavy (non-hydrogen) atoms. The quantitative estimate of drug-likeness (QED) is 0.856. The first-order valence-electron chi connectivity index (χ1n) is 4.70. The lowest BCUT2D eigenvalue weighted by Gasteiger charge is -2.15. The van der Waals surface area contributed by atoms with Crippen LogP contribution in [-0.4, -0.2) is 14.2 Å². The Bertz CT molecular complexity index is 353. The molecular weight excluding hydrogens is 258 g/mol. The Labute approximate surface area is 98.9 Å². The molecule has 0 atom stereocenters. The zero-order valence-corrected chi connectivity index (χ0v) is 11.1. The van der Waals surface area contributed by atoms with Gasteiger partial charge in [0, 0.05) is 10.0 Å². The van der Waals surface area contributed by atoms with Crippen LogP contribution in [0.4, 0.5) is 0 Å². The van der Waals surface area contributed by atoms with E-state index in [0.717, 1.165) is 21.3 Å². The van der Waals surface area contributed by atoms with Gasteiger partial charge in [-0.25, -0.2) is 0 Å². The van der Waals surface area contributed by atoms with E-state index in [1.54, 1.807) is 14.2 Å². The summed E-state index contributed by atoms with van der Waals surface area (Å²) in [5, 5.41) is 0. The van der Waals surface area contributed by atoms with E-state index in [0.29, 0.717) is 6.54 Å². The number of benzene rings is 1. The van der Waals surface area contributed by atoms with Crippen LogP contribution in [0, 0.1) is 13.8 Å². The molecule has 1 aromatic carbocycles. The van der Waals surface area contributed by atoms with Gasteiger partial charge in [0.05, 0.1) is 20.8 Å². The number of halogens is 1. The summed E-state index contributed by atoms with van der Waals surface area (Å²) in [5.41, 5.74) is 6.23. The second-order valence-corrected chi connectivity index (χ2v) is 4.15. The maximum Gasteiger partial charge on any atom is 0.127 e. The molecule has 0 bridgehead atoms. The van der Waals surface area contributed by atoms with Crippen molar-refractivity contribution in [1.82, 2.24) is 5.48 Å². The van der Waals surface area contributed by atoms with E-state index in [2.05, 4.69) is 34.4 Å². The molecule has 0 saturated heterocycles. The number of hydrogen-bond acceptors (Lipinski definition) is 3. The molecule has 0 spiro atoms. The minimum absolute atomic E-state index is 0.614. The smallest absolute Gasteiger partial charge is 0.127 e. The third-order valence-corrected chi connectivity index (χ3v) is 3.38. The van der Waals surface area contributed by atoms with Crippen LogP contribution in [0.5, 0.6) is 5.75 Å². The van der Waals surface area contributed by atoms with Crippen molar-refractivity contribution in [3.63, 3.8) is 0 Å². The van der Waals surface area contributed by atoms with Gasteiger partial charge < -0.3 is 9.57 Å². The fourth-order valence-electron chi connectivity index (χ4n) is 1.62. The molecule has 0 heterocycles. The normalized spacial score (nSPS) is 10.5. The van der Waals surface area contributed by atoms with E-state index in [-0.39, 0.29) is 0 Å². The van der Waals surface area contributed by atoms with Crippen molar-refractivity contribution in [1.29, 1.82) is 0 Å². The molecule has 84 valence electrons. The summed E-state index contributed by atoms with van der Waals surface area (Å²) in [6, 6.07) is 2.10. The predicted octanol–water partition coefficient (Wildman–Crippen LogP) is 2.73. The van der Waals surface area contributed by atoms with Crippen molar-refractivity contribution in [2.75, 3.05) is 14.2 Å². The second-order valence-electron chi connectivity index (χ2n) is 3.36. The summed E-state index contributed by atoms with van der Waals surface area (Å²) in [6.07, 6.45) is 0. The molecular formula is C11H16BrNO2. The van der Waals surface area contributed by atoms with Crippen LogP contribution in [0.1, 0.15) is 16.7 Å². The highest BCUT2D eigenvalue weighted by molar-refractivity contribution is 9.10. The van der Waals surface area contributed by atoms with Gasteiger partial charge in [-0.1, -0.05) is 22.0 Å². The minimum Gasteiger partial charge on any atom is -0.496 e. The Balaban J connectivity index is 3.18. The lowest BCUT2D eigenvalue weighted by atomic mass is 10.1. The average Bonchev–Trinajstić information content (AvgIpc) is 2.21. The van der Waals surface area contributed by atoms with Crippen LogP contribution in [0.25, 0.3) is 0 Å². The SMILES string of the molecule is CONCc1c(Br)c(C)cc(C)c1OC. The van der Waals surface area contributed by atoms with Crippen molar-refractivity contribution >= 4 is 15.9 Å². The molecule has 0 aromatic heterocycles. The van der Waals surface area contributed by atoms with Gasteiger partial charge in [-0.3, -0.25) is 0 Å². The standard InChI is InChI=1S/C11H16BrNO2/c1-7-5-8(2)11(14-3)9(10(7)12)6-13-15-4/h5,13H,6H2,1-4H3. The van der Waals surface area contributed by atoms with Crippen LogP contribution < -0.4 is 10.2 Å². The largest absolute Gasteiger partial charge is 0.496 e. The zero-order chi connectivity index (χ0) is 11.4. The van der Waals surface area contributed by atoms with Crippen LogP contribution in [0.15, 0.2) is 10.5 Å². The average molecular weight is 274 g/mol. The zero-order valence-electron chi connectivity index (χ0n) is 9.48. The predicted molar refractivity (Wildman–Crippen MR) is 64.0 cm³/mol. The maximum atomic E-state index is 5.38. The summed E-state index contributed by atoms with van der Waals surface area (Å²) in [6.45, 7) is 4.71. The summed E-state index contributed by atoms with van der Waals surface area (Å²) < 4.78 is 6.45. The number of hydrogen-bond donors (Lipinski definition) is 1. The maximum absolute atomic E-state index is 5.38. The van der Waals surface area contributed by atoms with Crippen molar-refractivity contribution < 1.29 is 9.57 Å². The van der Waals surface area contributed by atoms with E-state index >= 15 is 0 Å². The van der Waals surface area contributed by atoms with Gasteiger partial charge in [0.15, 0.2) is 0 Å². The van der Waals surface area contributed by atoms with Gasteiger partial charge in [0.1, 0.15) is 5.75 Å². The first-order valence-corrected chi connectivity index (χ1v) is 5.49. The number of methoxy groups -OCH3 is 1. The Morgan fingerprint density at radius 2 is 1.93 bits per heavy atom. The summed E-state index contributed by atoms with van der Waals surface area (Å²) in [4.78, 5) is 4.85. The molecule has 3 nitrogen and oxygen atoms in total. The molecule has 0 aliphatic rings. The third kappa shape index (κ3) is 2.71. The number of aryl methyl sites for hydroxylation is 2. The van der Waals surface area contributed by atoms with Crippen molar-refractivity contribution in [2.24, 2.45) is 0 Å². The number of ether oxygens (including phenoxy) is 1. The highest BCUT2D eigenvalue weighted by atomic mass is 79.9. The number of rotatable bonds is 4. The van der Waals surface area contributed by atoms with Gasteiger partial charge in [0.2, 0.25) is 0 Å². The molecule has 0 aliphatic carbocycles. The van der Waals surface area contributed by atoms with E-state index in [4.69, 9.17) is 9.57 Å². The van der Waals surface area contributed by atoms with E-state index in [1.165, 1.54) is 5.56 Å². The molecule has 0 radical (unpaired) electrons. The van der Waals surface area contributed by atoms with Crippen LogP contribution in [-0.2, 0) is 11.4 Å². The molecule has 1 N–H and O–H groups in total. The molecule has 0 amide bonds. The van der Waals surface area contributed by atoms with Crippen molar-refractivity contribution in [2.45, 2.75) is 20.4 Å².